The lowest BCUT2D eigenvalue weighted by molar-refractivity contribution is -0.124. The molecule has 2 aromatic heterocycles. The Balaban J connectivity index is 1.65. The summed E-state index contributed by atoms with van der Waals surface area (Å²) in [6.07, 6.45) is 9.06. The van der Waals surface area contributed by atoms with Crippen LogP contribution >= 0.6 is 0 Å². The van der Waals surface area contributed by atoms with E-state index in [0.717, 1.165) is 12.8 Å². The molecule has 0 fully saturated rings. The highest BCUT2D eigenvalue weighted by Crippen LogP contribution is 2.02. The fourth-order valence-corrected chi connectivity index (χ4v) is 2.00. The van der Waals surface area contributed by atoms with Gasteiger partial charge in [-0.3, -0.25) is 14.5 Å². The van der Waals surface area contributed by atoms with E-state index in [9.17, 15) is 4.79 Å². The highest BCUT2D eigenvalue weighted by atomic mass is 16.1. The number of rotatable bonds is 7. The highest BCUT2D eigenvalue weighted by Gasteiger charge is 2.12. The average Bonchev–Trinajstić information content (AvgIpc) is 2.97. The molecule has 0 bridgehead atoms. The summed E-state index contributed by atoms with van der Waals surface area (Å²) in [6, 6.07) is 5.86. The number of hydrogen-bond donors (Lipinski definition) is 1. The van der Waals surface area contributed by atoms with Gasteiger partial charge in [-0.2, -0.15) is 5.10 Å². The SMILES string of the molecule is CC(Cn1cccn1)C(=O)NCCCc1ccncc1. The quantitative estimate of drug-likeness (QED) is 0.780. The summed E-state index contributed by atoms with van der Waals surface area (Å²) in [4.78, 5) is 15.9. The van der Waals surface area contributed by atoms with E-state index in [1.807, 2.05) is 31.3 Å². The Kier molecular flexibility index (Phi) is 5.29. The molecule has 0 aliphatic rings. The number of hydrogen-bond acceptors (Lipinski definition) is 3. The Morgan fingerprint density at radius 3 is 2.85 bits per heavy atom. The summed E-state index contributed by atoms with van der Waals surface area (Å²) < 4.78 is 1.78. The summed E-state index contributed by atoms with van der Waals surface area (Å²) in [6.45, 7) is 3.23. The van der Waals surface area contributed by atoms with E-state index in [1.54, 1.807) is 23.3 Å². The maximum atomic E-state index is 11.9. The lowest BCUT2D eigenvalue weighted by Gasteiger charge is -2.12. The van der Waals surface area contributed by atoms with Gasteiger partial charge in [0.1, 0.15) is 0 Å². The normalized spacial score (nSPS) is 12.1. The topological polar surface area (TPSA) is 59.8 Å². The Morgan fingerprint density at radius 1 is 1.35 bits per heavy atom. The fraction of sp³-hybridized carbons (Fsp3) is 0.400. The van der Waals surface area contributed by atoms with Gasteiger partial charge in [0.05, 0.1) is 12.5 Å². The van der Waals surface area contributed by atoms with E-state index >= 15 is 0 Å². The number of nitrogens with one attached hydrogen (secondary N) is 1. The van der Waals surface area contributed by atoms with E-state index in [4.69, 9.17) is 0 Å². The summed E-state index contributed by atoms with van der Waals surface area (Å²) in [5.41, 5.74) is 1.25. The van der Waals surface area contributed by atoms with Crippen molar-refractivity contribution in [1.82, 2.24) is 20.1 Å². The number of nitrogens with zero attached hydrogens (tertiary/aromatic N) is 3. The monoisotopic (exact) mass is 272 g/mol. The second kappa shape index (κ2) is 7.43. The van der Waals surface area contributed by atoms with Crippen LogP contribution in [0, 0.1) is 5.92 Å². The molecule has 1 atom stereocenters. The molecule has 0 aliphatic carbocycles. The molecule has 0 aromatic carbocycles. The third-order valence-corrected chi connectivity index (χ3v) is 3.16. The highest BCUT2D eigenvalue weighted by molar-refractivity contribution is 5.78. The van der Waals surface area contributed by atoms with Gasteiger partial charge in [0.15, 0.2) is 0 Å². The molecule has 0 spiro atoms. The van der Waals surface area contributed by atoms with Crippen LogP contribution in [0.5, 0.6) is 0 Å². The molecule has 1 amide bonds. The Bertz CT molecular complexity index is 510. The Morgan fingerprint density at radius 2 is 2.15 bits per heavy atom. The first-order valence-electron chi connectivity index (χ1n) is 6.90. The van der Waals surface area contributed by atoms with Crippen molar-refractivity contribution in [3.8, 4) is 0 Å². The molecule has 2 rings (SSSR count). The molecule has 5 heteroatoms. The number of carbonyl (C=O) groups excluding carboxylic acids is 1. The zero-order valence-corrected chi connectivity index (χ0v) is 11.7. The Hall–Kier alpha value is -2.17. The standard InChI is InChI=1S/C15H20N4O/c1-13(12-19-11-3-8-18-19)15(20)17-7-2-4-14-5-9-16-10-6-14/h3,5-6,8-11,13H,2,4,7,12H2,1H3,(H,17,20). The molecule has 5 nitrogen and oxygen atoms in total. The van der Waals surface area contributed by atoms with Gasteiger partial charge in [-0.15, -0.1) is 0 Å². The van der Waals surface area contributed by atoms with Crippen LogP contribution in [-0.2, 0) is 17.8 Å². The zero-order valence-electron chi connectivity index (χ0n) is 11.7. The van der Waals surface area contributed by atoms with Crippen LogP contribution in [-0.4, -0.2) is 27.2 Å². The number of aryl methyl sites for hydroxylation is 1. The number of pyridine rings is 1. The van der Waals surface area contributed by atoms with E-state index < -0.39 is 0 Å². The molecule has 106 valence electrons. The molecule has 2 aromatic rings. The molecule has 1 unspecified atom stereocenters. The van der Waals surface area contributed by atoms with E-state index in [0.29, 0.717) is 13.1 Å². The van der Waals surface area contributed by atoms with Crippen molar-refractivity contribution in [1.29, 1.82) is 0 Å². The van der Waals surface area contributed by atoms with Gasteiger partial charge in [-0.05, 0) is 36.6 Å². The molecule has 1 N–H and O–H groups in total. The van der Waals surface area contributed by atoms with Crippen molar-refractivity contribution in [2.45, 2.75) is 26.3 Å². The van der Waals surface area contributed by atoms with Crippen molar-refractivity contribution >= 4 is 5.91 Å². The largest absolute Gasteiger partial charge is 0.356 e. The lowest BCUT2D eigenvalue weighted by Crippen LogP contribution is -2.32. The average molecular weight is 272 g/mol. The van der Waals surface area contributed by atoms with Crippen LogP contribution in [0.15, 0.2) is 43.0 Å². The maximum Gasteiger partial charge on any atom is 0.224 e. The lowest BCUT2D eigenvalue weighted by atomic mass is 10.1. The second-order valence-corrected chi connectivity index (χ2v) is 4.88. The smallest absolute Gasteiger partial charge is 0.224 e. The van der Waals surface area contributed by atoms with E-state index in [2.05, 4.69) is 15.4 Å². The molecule has 2 heterocycles. The molecular weight excluding hydrogens is 252 g/mol. The van der Waals surface area contributed by atoms with Crippen molar-refractivity contribution in [2.24, 2.45) is 5.92 Å². The predicted octanol–water partition coefficient (Wildman–Crippen LogP) is 1.66. The third-order valence-electron chi connectivity index (χ3n) is 3.16. The van der Waals surface area contributed by atoms with Crippen LogP contribution in [0.3, 0.4) is 0 Å². The van der Waals surface area contributed by atoms with Gasteiger partial charge in [-0.25, -0.2) is 0 Å². The number of carbonyl (C=O) groups is 1. The van der Waals surface area contributed by atoms with Crippen LogP contribution in [0.2, 0.25) is 0 Å². The predicted molar refractivity (Wildman–Crippen MR) is 77.0 cm³/mol. The first-order valence-corrected chi connectivity index (χ1v) is 6.90. The number of amides is 1. The van der Waals surface area contributed by atoms with Gasteiger partial charge in [0.25, 0.3) is 0 Å². The third kappa shape index (κ3) is 4.50. The second-order valence-electron chi connectivity index (χ2n) is 4.88. The minimum atomic E-state index is -0.0733. The Labute approximate surface area is 119 Å². The van der Waals surface area contributed by atoms with Gasteiger partial charge in [-0.1, -0.05) is 6.92 Å². The van der Waals surface area contributed by atoms with Crippen molar-refractivity contribution in [2.75, 3.05) is 6.54 Å². The molecule has 0 radical (unpaired) electrons. The molecule has 0 saturated heterocycles. The van der Waals surface area contributed by atoms with Crippen LogP contribution in [0.25, 0.3) is 0 Å². The molecule has 0 aliphatic heterocycles. The van der Waals surface area contributed by atoms with Crippen LogP contribution < -0.4 is 5.32 Å². The molecule has 0 saturated carbocycles. The first kappa shape index (κ1) is 14.2. The van der Waals surface area contributed by atoms with E-state index in [1.165, 1.54) is 5.56 Å². The minimum Gasteiger partial charge on any atom is -0.356 e. The van der Waals surface area contributed by atoms with Gasteiger partial charge in [0.2, 0.25) is 5.91 Å². The summed E-state index contributed by atoms with van der Waals surface area (Å²) in [5.74, 6) is 0.00561. The first-order chi connectivity index (χ1) is 9.75. The summed E-state index contributed by atoms with van der Waals surface area (Å²) in [7, 11) is 0. The van der Waals surface area contributed by atoms with Crippen LogP contribution in [0.1, 0.15) is 18.9 Å². The van der Waals surface area contributed by atoms with E-state index in [-0.39, 0.29) is 11.8 Å². The van der Waals surface area contributed by atoms with Gasteiger partial charge < -0.3 is 5.32 Å². The van der Waals surface area contributed by atoms with Crippen molar-refractivity contribution in [3.63, 3.8) is 0 Å². The summed E-state index contributed by atoms with van der Waals surface area (Å²) >= 11 is 0. The van der Waals surface area contributed by atoms with Crippen molar-refractivity contribution in [3.05, 3.63) is 48.5 Å². The minimum absolute atomic E-state index is 0.0733. The fourth-order valence-electron chi connectivity index (χ4n) is 2.00. The van der Waals surface area contributed by atoms with Crippen LogP contribution in [0.4, 0.5) is 0 Å². The maximum absolute atomic E-state index is 11.9. The molecule has 20 heavy (non-hydrogen) atoms. The summed E-state index contributed by atoms with van der Waals surface area (Å²) in [5, 5.41) is 7.07. The van der Waals surface area contributed by atoms with Gasteiger partial charge in [0, 0.05) is 31.3 Å². The zero-order chi connectivity index (χ0) is 14.2. The van der Waals surface area contributed by atoms with Crippen molar-refractivity contribution < 1.29 is 4.79 Å². The number of aromatic nitrogens is 3. The van der Waals surface area contributed by atoms with Gasteiger partial charge >= 0.3 is 0 Å². The molecular formula is C15H20N4O.